The van der Waals surface area contributed by atoms with Crippen molar-refractivity contribution < 1.29 is 22.7 Å². The average molecular weight is 418 g/mol. The number of nitrogens with zero attached hydrogens (tertiary/aromatic N) is 1. The number of sulfone groups is 1. The lowest BCUT2D eigenvalue weighted by molar-refractivity contribution is -0.137. The largest absolute Gasteiger partial charge is 0.480 e. The Morgan fingerprint density at radius 3 is 2.45 bits per heavy atom. The third kappa shape index (κ3) is 4.50. The molecule has 0 amide bonds. The maximum atomic E-state index is 13.9. The number of aromatic nitrogens is 1. The lowest BCUT2D eigenvalue weighted by Crippen LogP contribution is -2.10. The van der Waals surface area contributed by atoms with Crippen LogP contribution >= 0.6 is 0 Å². The van der Waals surface area contributed by atoms with Crippen LogP contribution in [0.25, 0.3) is 10.9 Å². The van der Waals surface area contributed by atoms with Gasteiger partial charge >= 0.3 is 5.97 Å². The van der Waals surface area contributed by atoms with E-state index in [9.17, 15) is 22.7 Å². The second-order valence-corrected chi connectivity index (χ2v) is 9.31. The molecule has 0 saturated heterocycles. The summed E-state index contributed by atoms with van der Waals surface area (Å²) in [6, 6.07) is 11.1. The number of carboxylic acids is 1. The van der Waals surface area contributed by atoms with Crippen LogP contribution in [0.1, 0.15) is 36.6 Å². The first kappa shape index (κ1) is 21.0. The Labute approximate surface area is 169 Å². The Morgan fingerprint density at radius 2 is 1.83 bits per heavy atom. The van der Waals surface area contributed by atoms with E-state index in [-0.39, 0.29) is 18.1 Å². The smallest absolute Gasteiger partial charge is 0.323 e. The molecule has 1 N–H and O–H groups in total. The second kappa shape index (κ2) is 8.37. The first-order valence-corrected chi connectivity index (χ1v) is 11.2. The van der Waals surface area contributed by atoms with Crippen molar-refractivity contribution in [2.24, 2.45) is 0 Å². The van der Waals surface area contributed by atoms with Crippen LogP contribution in [0.4, 0.5) is 4.39 Å². The lowest BCUT2D eigenvalue weighted by Gasteiger charge is -2.07. The van der Waals surface area contributed by atoms with E-state index in [1.807, 2.05) is 13.8 Å². The van der Waals surface area contributed by atoms with E-state index < -0.39 is 15.8 Å². The van der Waals surface area contributed by atoms with Crippen LogP contribution in [-0.4, -0.2) is 29.8 Å². The molecule has 0 fully saturated rings. The highest BCUT2D eigenvalue weighted by Crippen LogP contribution is 2.29. The quantitative estimate of drug-likeness (QED) is 0.592. The van der Waals surface area contributed by atoms with E-state index in [4.69, 9.17) is 0 Å². The summed E-state index contributed by atoms with van der Waals surface area (Å²) >= 11 is 0. The molecule has 1 heterocycles. The number of benzene rings is 2. The third-order valence-electron chi connectivity index (χ3n) is 5.14. The van der Waals surface area contributed by atoms with Crippen molar-refractivity contribution >= 4 is 26.7 Å². The van der Waals surface area contributed by atoms with Gasteiger partial charge in [-0.1, -0.05) is 25.5 Å². The molecule has 154 valence electrons. The number of unbranched alkanes of at least 4 members (excludes halogenated alkanes) is 1. The molecule has 0 saturated carbocycles. The van der Waals surface area contributed by atoms with E-state index >= 15 is 0 Å². The maximum absolute atomic E-state index is 13.9. The second-order valence-electron chi connectivity index (χ2n) is 7.20. The van der Waals surface area contributed by atoms with Gasteiger partial charge in [0.2, 0.25) is 0 Å². The van der Waals surface area contributed by atoms with Crippen molar-refractivity contribution in [3.63, 3.8) is 0 Å². The van der Waals surface area contributed by atoms with Crippen LogP contribution in [0, 0.1) is 12.7 Å². The third-order valence-corrected chi connectivity index (χ3v) is 6.96. The summed E-state index contributed by atoms with van der Waals surface area (Å²) in [5.41, 5.74) is 3.14. The molecule has 0 aliphatic carbocycles. The van der Waals surface area contributed by atoms with Crippen LogP contribution in [0.3, 0.4) is 0 Å². The number of fused-ring (bicyclic) bond motifs is 1. The van der Waals surface area contributed by atoms with Gasteiger partial charge < -0.3 is 9.67 Å². The van der Waals surface area contributed by atoms with Crippen LogP contribution in [0.5, 0.6) is 0 Å². The number of hydrogen-bond acceptors (Lipinski definition) is 3. The van der Waals surface area contributed by atoms with Crippen molar-refractivity contribution in [2.75, 3.05) is 5.75 Å². The highest BCUT2D eigenvalue weighted by atomic mass is 32.2. The van der Waals surface area contributed by atoms with Gasteiger partial charge in [-0.15, -0.1) is 0 Å². The summed E-state index contributed by atoms with van der Waals surface area (Å²) in [5, 5.41) is 9.89. The molecule has 0 spiro atoms. The average Bonchev–Trinajstić information content (AvgIpc) is 2.91. The molecule has 0 unspecified atom stereocenters. The molecular formula is C22H24FNO4S. The minimum absolute atomic E-state index is 0.129. The number of hydrogen-bond donors (Lipinski definition) is 1. The van der Waals surface area contributed by atoms with E-state index in [1.165, 1.54) is 12.1 Å². The van der Waals surface area contributed by atoms with E-state index in [2.05, 4.69) is 0 Å². The molecule has 29 heavy (non-hydrogen) atoms. The number of rotatable bonds is 8. The topological polar surface area (TPSA) is 76.4 Å². The molecule has 3 aromatic rings. The van der Waals surface area contributed by atoms with E-state index in [0.29, 0.717) is 28.6 Å². The summed E-state index contributed by atoms with van der Waals surface area (Å²) in [6.07, 6.45) is 1.89. The fraction of sp³-hybridized carbons (Fsp3) is 0.318. The number of aliphatic carboxylic acids is 1. The first-order chi connectivity index (χ1) is 13.7. The maximum Gasteiger partial charge on any atom is 0.323 e. The van der Waals surface area contributed by atoms with Crippen LogP contribution in [0.15, 0.2) is 47.4 Å². The van der Waals surface area contributed by atoms with Gasteiger partial charge in [-0.3, -0.25) is 4.79 Å². The zero-order valence-electron chi connectivity index (χ0n) is 16.5. The first-order valence-electron chi connectivity index (χ1n) is 9.53. The highest BCUT2D eigenvalue weighted by Gasteiger charge is 2.18. The minimum atomic E-state index is -3.29. The molecular weight excluding hydrogens is 393 g/mol. The van der Waals surface area contributed by atoms with Gasteiger partial charge in [0.15, 0.2) is 9.84 Å². The molecule has 5 nitrogen and oxygen atoms in total. The summed E-state index contributed by atoms with van der Waals surface area (Å²) in [6.45, 7) is 3.56. The van der Waals surface area contributed by atoms with Crippen molar-refractivity contribution in [3.8, 4) is 0 Å². The van der Waals surface area contributed by atoms with Crippen molar-refractivity contribution in [1.29, 1.82) is 0 Å². The van der Waals surface area contributed by atoms with Crippen molar-refractivity contribution in [3.05, 3.63) is 65.1 Å². The van der Waals surface area contributed by atoms with Gasteiger partial charge in [-0.2, -0.15) is 0 Å². The van der Waals surface area contributed by atoms with Crippen LogP contribution in [0.2, 0.25) is 0 Å². The number of halogens is 1. The van der Waals surface area contributed by atoms with E-state index in [0.717, 1.165) is 23.2 Å². The van der Waals surface area contributed by atoms with Gasteiger partial charge in [-0.25, -0.2) is 12.8 Å². The summed E-state index contributed by atoms with van der Waals surface area (Å²) in [4.78, 5) is 11.6. The Bertz CT molecular complexity index is 1150. The molecule has 0 radical (unpaired) electrons. The van der Waals surface area contributed by atoms with Gasteiger partial charge in [0.05, 0.1) is 10.6 Å². The van der Waals surface area contributed by atoms with Crippen LogP contribution < -0.4 is 0 Å². The highest BCUT2D eigenvalue weighted by molar-refractivity contribution is 7.91. The molecule has 2 aromatic carbocycles. The SMILES string of the molecule is CCCCS(=O)(=O)c1ccc(Cc2c(C)n(CC(=O)O)c3ccc(F)cc23)cc1. The molecule has 1 aromatic heterocycles. The van der Waals surface area contributed by atoms with E-state index in [1.54, 1.807) is 34.9 Å². The predicted molar refractivity (Wildman–Crippen MR) is 110 cm³/mol. The van der Waals surface area contributed by atoms with Gasteiger partial charge in [0, 0.05) is 16.6 Å². The Kier molecular flexibility index (Phi) is 6.07. The van der Waals surface area contributed by atoms with Gasteiger partial charge in [-0.05, 0) is 61.2 Å². The molecule has 0 aliphatic rings. The molecule has 7 heteroatoms. The van der Waals surface area contributed by atoms with Crippen LogP contribution in [-0.2, 0) is 27.6 Å². The molecule has 3 rings (SSSR count). The summed E-state index contributed by atoms with van der Waals surface area (Å²) in [7, 11) is -3.29. The number of carbonyl (C=O) groups is 1. The lowest BCUT2D eigenvalue weighted by atomic mass is 10.0. The van der Waals surface area contributed by atoms with Gasteiger partial charge in [0.1, 0.15) is 12.4 Å². The minimum Gasteiger partial charge on any atom is -0.480 e. The zero-order chi connectivity index (χ0) is 21.2. The van der Waals surface area contributed by atoms with Gasteiger partial charge in [0.25, 0.3) is 0 Å². The molecule has 0 bridgehead atoms. The predicted octanol–water partition coefficient (Wildman–Crippen LogP) is 4.34. The Morgan fingerprint density at radius 1 is 1.14 bits per heavy atom. The molecule has 0 atom stereocenters. The Balaban J connectivity index is 1.97. The number of carboxylic acid groups (broad SMARTS) is 1. The molecule has 0 aliphatic heterocycles. The zero-order valence-corrected chi connectivity index (χ0v) is 17.3. The monoisotopic (exact) mass is 417 g/mol. The standard InChI is InChI=1S/C22H24FNO4S/c1-3-4-11-29(27,28)18-8-5-16(6-9-18)12-19-15(2)24(14-22(25)26)21-10-7-17(23)13-20(19)21/h5-10,13H,3-4,11-12,14H2,1-2H3,(H,25,26). The van der Waals surface area contributed by atoms with Crippen molar-refractivity contribution in [1.82, 2.24) is 4.57 Å². The van der Waals surface area contributed by atoms with Crippen molar-refractivity contribution in [2.45, 2.75) is 44.6 Å². The normalized spacial score (nSPS) is 11.8. The fourth-order valence-corrected chi connectivity index (χ4v) is 5.01. The fourth-order valence-electron chi connectivity index (χ4n) is 3.56. The summed E-state index contributed by atoms with van der Waals surface area (Å²) in [5.74, 6) is -1.23. The summed E-state index contributed by atoms with van der Waals surface area (Å²) < 4.78 is 40.2. The Hall–Kier alpha value is -2.67.